The summed E-state index contributed by atoms with van der Waals surface area (Å²) in [6, 6.07) is 34.6. The lowest BCUT2D eigenvalue weighted by Gasteiger charge is -2.18. The van der Waals surface area contributed by atoms with E-state index in [0.29, 0.717) is 43.1 Å². The van der Waals surface area contributed by atoms with Gasteiger partial charge in [-0.05, 0) is 114 Å². The summed E-state index contributed by atoms with van der Waals surface area (Å²) in [7, 11) is -6.00. The number of hydrogen-bond acceptors (Lipinski definition) is 1. The van der Waals surface area contributed by atoms with Crippen LogP contribution in [0.4, 0.5) is 17.3 Å². The van der Waals surface area contributed by atoms with Gasteiger partial charge in [-0.2, -0.15) is 0 Å². The van der Waals surface area contributed by atoms with Gasteiger partial charge in [-0.1, -0.05) is 70.7 Å². The van der Waals surface area contributed by atoms with Gasteiger partial charge < -0.3 is 22.0 Å². The molecule has 242 valence electrons. The Morgan fingerprint density at radius 3 is 1.52 bits per heavy atom. The second-order valence-corrected chi connectivity index (χ2v) is 12.0. The molecule has 0 fully saturated rings. The van der Waals surface area contributed by atoms with Crippen molar-refractivity contribution >= 4 is 71.1 Å². The van der Waals surface area contributed by atoms with Gasteiger partial charge in [-0.3, -0.25) is 0 Å². The molecule has 1 aromatic heterocycles. The number of rotatable bonds is 6. The maximum atomic E-state index is 9.75. The van der Waals surface area contributed by atoms with Crippen LogP contribution in [0.1, 0.15) is 16.9 Å². The summed E-state index contributed by atoms with van der Waals surface area (Å²) in [5, 5.41) is 2.68. The highest BCUT2D eigenvalue weighted by Gasteiger charge is 2.21. The lowest BCUT2D eigenvalue weighted by atomic mass is 10.0. The predicted octanol–water partition coefficient (Wildman–Crippen LogP) is 13.9. The molecule has 0 amide bonds. The van der Waals surface area contributed by atoms with Crippen LogP contribution in [0.2, 0.25) is 20.1 Å². The molecule has 4 aromatic carbocycles. The van der Waals surface area contributed by atoms with Crippen LogP contribution in [0.3, 0.4) is 0 Å². The molecule has 11 heteroatoms. The first-order chi connectivity index (χ1) is 22.9. The van der Waals surface area contributed by atoms with E-state index in [1.165, 1.54) is 0 Å². The van der Waals surface area contributed by atoms with Crippen LogP contribution in [-0.2, 0) is 4.74 Å². The van der Waals surface area contributed by atoms with Crippen LogP contribution >= 0.6 is 46.4 Å². The van der Waals surface area contributed by atoms with Crippen molar-refractivity contribution in [3.05, 3.63) is 176 Å². The van der Waals surface area contributed by atoms with E-state index in [0.717, 1.165) is 33.4 Å². The molecular formula is C37H23BCl4F4O2. The topological polar surface area (TPSA) is 20.5 Å². The SMILES string of the molecule is Clc1ccc(C2=C/C(=C\C=C\c3cc(-c4ccc(Cl)cc4)cc(-c4ccc(Cl)cc4)[o+]3)OC(c3ccc(Cl)cc3)=C2)cc1.F[B-](F)(F)F. The molecule has 0 atom stereocenters. The van der Waals surface area contributed by atoms with Crippen LogP contribution in [0.25, 0.3) is 39.9 Å². The average molecular weight is 728 g/mol. The van der Waals surface area contributed by atoms with Crippen molar-refractivity contribution in [2.45, 2.75) is 0 Å². The van der Waals surface area contributed by atoms with E-state index < -0.39 is 7.25 Å². The van der Waals surface area contributed by atoms with Gasteiger partial charge in [0, 0.05) is 37.3 Å². The average Bonchev–Trinajstić information content (AvgIpc) is 3.05. The van der Waals surface area contributed by atoms with Crippen molar-refractivity contribution in [1.29, 1.82) is 0 Å². The Bertz CT molecular complexity index is 1930. The predicted molar refractivity (Wildman–Crippen MR) is 191 cm³/mol. The van der Waals surface area contributed by atoms with E-state index in [1.54, 1.807) is 0 Å². The Labute approximate surface area is 294 Å². The van der Waals surface area contributed by atoms with Gasteiger partial charge in [0.25, 0.3) is 0 Å². The van der Waals surface area contributed by atoms with Gasteiger partial charge in [0.15, 0.2) is 0 Å². The number of benzene rings is 4. The molecule has 0 aliphatic carbocycles. The van der Waals surface area contributed by atoms with Crippen LogP contribution < -0.4 is 0 Å². The van der Waals surface area contributed by atoms with Gasteiger partial charge in [0.05, 0.1) is 17.7 Å². The second-order valence-electron chi connectivity index (χ2n) is 10.3. The minimum atomic E-state index is -6.00. The lowest BCUT2D eigenvalue weighted by molar-refractivity contribution is 0.368. The molecular weight excluding hydrogens is 705 g/mol. The summed E-state index contributed by atoms with van der Waals surface area (Å²) in [5.74, 6) is 2.76. The Kier molecular flexibility index (Phi) is 11.5. The maximum absolute atomic E-state index is 9.75. The zero-order valence-electron chi connectivity index (χ0n) is 24.7. The molecule has 0 bridgehead atoms. The van der Waals surface area contributed by atoms with Crippen molar-refractivity contribution < 1.29 is 26.4 Å². The third kappa shape index (κ3) is 10.4. The maximum Gasteiger partial charge on any atom is 0.673 e. The smallest absolute Gasteiger partial charge is 0.457 e. The fraction of sp³-hybridized carbons (Fsp3) is 0. The molecule has 0 unspecified atom stereocenters. The van der Waals surface area contributed by atoms with Crippen LogP contribution in [0.5, 0.6) is 0 Å². The first kappa shape index (κ1) is 35.1. The molecule has 0 N–H and O–H groups in total. The molecule has 48 heavy (non-hydrogen) atoms. The highest BCUT2D eigenvalue weighted by Crippen LogP contribution is 2.34. The van der Waals surface area contributed by atoms with Gasteiger partial charge in [0.1, 0.15) is 11.5 Å². The van der Waals surface area contributed by atoms with E-state index in [1.807, 2.05) is 140 Å². The first-order valence-corrected chi connectivity index (χ1v) is 15.8. The Morgan fingerprint density at radius 2 is 1.00 bits per heavy atom. The first-order valence-electron chi connectivity index (χ1n) is 14.3. The van der Waals surface area contributed by atoms with Crippen LogP contribution in [0, 0.1) is 0 Å². The van der Waals surface area contributed by atoms with E-state index >= 15 is 0 Å². The van der Waals surface area contributed by atoms with Gasteiger partial charge in [-0.15, -0.1) is 0 Å². The third-order valence-electron chi connectivity index (χ3n) is 6.76. The summed E-state index contributed by atoms with van der Waals surface area (Å²) in [6.07, 6.45) is 9.73. The minimum absolute atomic E-state index is 0.662. The summed E-state index contributed by atoms with van der Waals surface area (Å²) in [6.45, 7) is 0. The highest BCUT2D eigenvalue weighted by molar-refractivity contribution is 6.50. The molecule has 2 heterocycles. The molecule has 1 aliphatic heterocycles. The summed E-state index contributed by atoms with van der Waals surface area (Å²) >= 11 is 24.6. The minimum Gasteiger partial charge on any atom is -0.457 e. The van der Waals surface area contributed by atoms with Crippen molar-refractivity contribution in [3.8, 4) is 22.5 Å². The summed E-state index contributed by atoms with van der Waals surface area (Å²) in [4.78, 5) is 0. The molecule has 1 aliphatic rings. The van der Waals surface area contributed by atoms with Gasteiger partial charge in [-0.25, -0.2) is 4.42 Å². The third-order valence-corrected chi connectivity index (χ3v) is 7.77. The number of allylic oxidation sites excluding steroid dienone is 5. The fourth-order valence-corrected chi connectivity index (χ4v) is 5.08. The zero-order chi connectivity index (χ0) is 34.3. The monoisotopic (exact) mass is 726 g/mol. The van der Waals surface area contributed by atoms with Crippen LogP contribution in [0.15, 0.2) is 144 Å². The quantitative estimate of drug-likeness (QED) is 0.0986. The normalized spacial score (nSPS) is 13.8. The summed E-state index contributed by atoms with van der Waals surface area (Å²) in [5.41, 5.74) is 5.85. The Hall–Kier alpha value is -4.27. The van der Waals surface area contributed by atoms with Gasteiger partial charge in [0.2, 0.25) is 0 Å². The van der Waals surface area contributed by atoms with Crippen molar-refractivity contribution in [2.24, 2.45) is 0 Å². The fourth-order valence-electron chi connectivity index (χ4n) is 4.58. The van der Waals surface area contributed by atoms with Crippen LogP contribution in [-0.4, -0.2) is 7.25 Å². The number of ether oxygens (including phenoxy) is 1. The molecule has 0 saturated carbocycles. The van der Waals surface area contributed by atoms with Crippen molar-refractivity contribution in [2.75, 3.05) is 0 Å². The highest BCUT2D eigenvalue weighted by atomic mass is 35.5. The second kappa shape index (κ2) is 15.8. The van der Waals surface area contributed by atoms with Gasteiger partial charge >= 0.3 is 18.8 Å². The lowest BCUT2D eigenvalue weighted by Crippen LogP contribution is -2.02. The molecule has 0 spiro atoms. The van der Waals surface area contributed by atoms with E-state index in [9.17, 15) is 17.3 Å². The molecule has 0 radical (unpaired) electrons. The number of hydrogen-bond donors (Lipinski definition) is 0. The molecule has 2 nitrogen and oxygen atoms in total. The molecule has 5 aromatic rings. The van der Waals surface area contributed by atoms with E-state index in [4.69, 9.17) is 55.6 Å². The van der Waals surface area contributed by atoms with E-state index in [-0.39, 0.29) is 0 Å². The van der Waals surface area contributed by atoms with Crippen molar-refractivity contribution in [3.63, 3.8) is 0 Å². The Morgan fingerprint density at radius 1 is 0.542 bits per heavy atom. The largest absolute Gasteiger partial charge is 0.673 e. The molecule has 6 rings (SSSR count). The number of halogens is 8. The van der Waals surface area contributed by atoms with E-state index in [2.05, 4.69) is 0 Å². The summed E-state index contributed by atoms with van der Waals surface area (Å²) < 4.78 is 51.6. The van der Waals surface area contributed by atoms with Crippen molar-refractivity contribution in [1.82, 2.24) is 0 Å². The molecule has 0 saturated heterocycles. The Balaban J connectivity index is 0.000000840. The zero-order valence-corrected chi connectivity index (χ0v) is 27.7. The standard InChI is InChI=1S/C37H23Cl4O2.BF4/c38-30-12-4-24(5-13-30)28-20-34(42-36(22-28)26-8-16-32(40)17-9-26)2-1-3-35-21-29(25-6-14-31(39)15-7-25)23-37(43-35)27-10-18-33(41)19-11-27;2-1(3,4)5/h1-23H;/q+1;-1.